The second-order valence-electron chi connectivity index (χ2n) is 5.86. The van der Waals surface area contributed by atoms with Crippen molar-refractivity contribution in [1.82, 2.24) is 4.72 Å². The Labute approximate surface area is 130 Å². The molecule has 1 aliphatic rings. The highest BCUT2D eigenvalue weighted by molar-refractivity contribution is 9.10. The van der Waals surface area contributed by atoms with Crippen molar-refractivity contribution >= 4 is 26.0 Å². The lowest BCUT2D eigenvalue weighted by Crippen LogP contribution is -2.41. The molecule has 112 valence electrons. The molecule has 0 bridgehead atoms. The fraction of sp³-hybridized carbons (Fsp3) is 0.600. The molecular weight excluding hydrogens is 338 g/mol. The van der Waals surface area contributed by atoms with Gasteiger partial charge in [0, 0.05) is 10.5 Å². The Bertz CT molecular complexity index is 598. The van der Waals surface area contributed by atoms with Gasteiger partial charge in [0.2, 0.25) is 10.0 Å². The molecule has 2 rings (SSSR count). The van der Waals surface area contributed by atoms with Gasteiger partial charge in [0.1, 0.15) is 0 Å². The van der Waals surface area contributed by atoms with Gasteiger partial charge >= 0.3 is 0 Å². The third-order valence-corrected chi connectivity index (χ3v) is 6.70. The van der Waals surface area contributed by atoms with Crippen LogP contribution in [0.15, 0.2) is 21.5 Å². The Morgan fingerprint density at radius 2 is 1.75 bits per heavy atom. The number of benzene rings is 1. The van der Waals surface area contributed by atoms with Crippen LogP contribution in [-0.2, 0) is 10.0 Å². The smallest absolute Gasteiger partial charge is 0.208 e. The third-order valence-electron chi connectivity index (χ3n) is 4.26. The average molecular weight is 360 g/mol. The molecule has 1 fully saturated rings. The molecule has 0 aliphatic heterocycles. The minimum Gasteiger partial charge on any atom is -0.208 e. The van der Waals surface area contributed by atoms with Gasteiger partial charge in [0.25, 0.3) is 0 Å². The van der Waals surface area contributed by atoms with E-state index in [1.54, 1.807) is 6.07 Å². The van der Waals surface area contributed by atoms with Crippen LogP contribution >= 0.6 is 15.9 Å². The maximum atomic E-state index is 12.6. The molecule has 1 aromatic carbocycles. The molecule has 0 aromatic heterocycles. The van der Waals surface area contributed by atoms with Crippen molar-refractivity contribution in [1.29, 1.82) is 0 Å². The van der Waals surface area contributed by atoms with Crippen LogP contribution in [0.4, 0.5) is 0 Å². The van der Waals surface area contributed by atoms with Crippen molar-refractivity contribution in [2.75, 3.05) is 0 Å². The zero-order valence-corrected chi connectivity index (χ0v) is 14.6. The van der Waals surface area contributed by atoms with Crippen LogP contribution in [-0.4, -0.2) is 14.5 Å². The number of rotatable bonds is 3. The predicted molar refractivity (Wildman–Crippen MR) is 85.4 cm³/mol. The van der Waals surface area contributed by atoms with Gasteiger partial charge in [-0.05, 0) is 71.8 Å². The fourth-order valence-corrected chi connectivity index (χ4v) is 5.33. The van der Waals surface area contributed by atoms with E-state index in [-0.39, 0.29) is 6.04 Å². The minimum absolute atomic E-state index is 0.0576. The van der Waals surface area contributed by atoms with Crippen LogP contribution in [0.25, 0.3) is 0 Å². The molecule has 0 amide bonds. The highest BCUT2D eigenvalue weighted by atomic mass is 79.9. The average Bonchev–Trinajstić information content (AvgIpc) is 2.36. The number of hydrogen-bond donors (Lipinski definition) is 1. The summed E-state index contributed by atoms with van der Waals surface area (Å²) >= 11 is 3.38. The van der Waals surface area contributed by atoms with E-state index in [9.17, 15) is 8.42 Å². The van der Waals surface area contributed by atoms with Crippen molar-refractivity contribution < 1.29 is 8.42 Å². The van der Waals surface area contributed by atoms with Gasteiger partial charge < -0.3 is 0 Å². The Morgan fingerprint density at radius 3 is 2.40 bits per heavy atom. The van der Waals surface area contributed by atoms with Crippen LogP contribution < -0.4 is 4.72 Å². The first kappa shape index (κ1) is 16.0. The maximum Gasteiger partial charge on any atom is 0.241 e. The second-order valence-corrected chi connectivity index (χ2v) is 8.39. The fourth-order valence-electron chi connectivity index (χ4n) is 2.71. The van der Waals surface area contributed by atoms with Gasteiger partial charge in [-0.1, -0.05) is 19.8 Å². The van der Waals surface area contributed by atoms with Crippen molar-refractivity contribution in [3.8, 4) is 0 Å². The topological polar surface area (TPSA) is 46.2 Å². The molecule has 1 N–H and O–H groups in total. The summed E-state index contributed by atoms with van der Waals surface area (Å²) in [7, 11) is -3.46. The summed E-state index contributed by atoms with van der Waals surface area (Å²) in [5.74, 6) is 0.406. The van der Waals surface area contributed by atoms with Gasteiger partial charge in [-0.15, -0.1) is 0 Å². The Morgan fingerprint density at radius 1 is 1.15 bits per heavy atom. The maximum absolute atomic E-state index is 12.6. The highest BCUT2D eigenvalue weighted by Crippen LogP contribution is 2.29. The van der Waals surface area contributed by atoms with Gasteiger partial charge in [0.15, 0.2) is 0 Å². The molecule has 0 radical (unpaired) electrons. The summed E-state index contributed by atoms with van der Waals surface area (Å²) in [6, 6.07) is 3.67. The first-order valence-electron chi connectivity index (χ1n) is 7.10. The highest BCUT2D eigenvalue weighted by Gasteiger charge is 2.28. The van der Waals surface area contributed by atoms with Crippen molar-refractivity contribution in [2.24, 2.45) is 5.92 Å². The summed E-state index contributed by atoms with van der Waals surface area (Å²) in [6.07, 6.45) is 4.34. The molecule has 0 spiro atoms. The standard InChI is InChI=1S/C15H22BrNO2S/c1-10-6-4-5-7-14(10)17-20(18,19)15-9-12(3)11(2)8-13(15)16/h8-10,14,17H,4-7H2,1-3H3/t10-,14+/m0/s1. The first-order chi connectivity index (χ1) is 9.31. The summed E-state index contributed by atoms with van der Waals surface area (Å²) in [5, 5.41) is 0. The van der Waals surface area contributed by atoms with Crippen LogP contribution in [0, 0.1) is 19.8 Å². The molecule has 0 saturated heterocycles. The Kier molecular flexibility index (Phi) is 4.92. The van der Waals surface area contributed by atoms with E-state index in [2.05, 4.69) is 27.6 Å². The molecule has 1 saturated carbocycles. The minimum atomic E-state index is -3.46. The van der Waals surface area contributed by atoms with E-state index in [0.717, 1.165) is 30.4 Å². The molecule has 0 heterocycles. The Hall–Kier alpha value is -0.390. The third kappa shape index (κ3) is 3.43. The molecule has 1 aromatic rings. The van der Waals surface area contributed by atoms with Gasteiger partial charge in [0.05, 0.1) is 4.90 Å². The number of nitrogens with one attached hydrogen (secondary N) is 1. The zero-order valence-electron chi connectivity index (χ0n) is 12.2. The van der Waals surface area contributed by atoms with Crippen LogP contribution in [0.5, 0.6) is 0 Å². The summed E-state index contributed by atoms with van der Waals surface area (Å²) in [6.45, 7) is 6.04. The van der Waals surface area contributed by atoms with Crippen molar-refractivity contribution in [3.63, 3.8) is 0 Å². The first-order valence-corrected chi connectivity index (χ1v) is 9.38. The summed E-state index contributed by atoms with van der Waals surface area (Å²) in [5.41, 5.74) is 2.08. The number of sulfonamides is 1. The van der Waals surface area contributed by atoms with Crippen LogP contribution in [0.3, 0.4) is 0 Å². The SMILES string of the molecule is Cc1cc(Br)c(S(=O)(=O)N[C@@H]2CCCC[C@@H]2C)cc1C. The van der Waals surface area contributed by atoms with E-state index >= 15 is 0 Å². The van der Waals surface area contributed by atoms with Gasteiger partial charge in [-0.2, -0.15) is 0 Å². The van der Waals surface area contributed by atoms with E-state index in [4.69, 9.17) is 0 Å². The molecule has 1 aliphatic carbocycles. The number of aryl methyl sites for hydroxylation is 2. The van der Waals surface area contributed by atoms with Crippen molar-refractivity contribution in [2.45, 2.75) is 57.4 Å². The lowest BCUT2D eigenvalue weighted by Gasteiger charge is -2.29. The molecular formula is C15H22BrNO2S. The normalized spacial score (nSPS) is 23.8. The monoisotopic (exact) mass is 359 g/mol. The van der Waals surface area contributed by atoms with Gasteiger partial charge in [-0.3, -0.25) is 0 Å². The lowest BCUT2D eigenvalue weighted by molar-refractivity contribution is 0.310. The van der Waals surface area contributed by atoms with E-state index in [0.29, 0.717) is 15.3 Å². The summed E-state index contributed by atoms with van der Waals surface area (Å²) in [4.78, 5) is 0.346. The van der Waals surface area contributed by atoms with Crippen molar-refractivity contribution in [3.05, 3.63) is 27.7 Å². The zero-order chi connectivity index (χ0) is 14.9. The lowest BCUT2D eigenvalue weighted by atomic mass is 9.87. The second kappa shape index (κ2) is 6.16. The number of hydrogen-bond acceptors (Lipinski definition) is 2. The van der Waals surface area contributed by atoms with E-state index in [1.807, 2.05) is 19.9 Å². The molecule has 0 unspecified atom stereocenters. The Balaban J connectivity index is 2.28. The van der Waals surface area contributed by atoms with Crippen LogP contribution in [0.1, 0.15) is 43.7 Å². The van der Waals surface area contributed by atoms with E-state index in [1.165, 1.54) is 6.42 Å². The molecule has 5 heteroatoms. The van der Waals surface area contributed by atoms with E-state index < -0.39 is 10.0 Å². The van der Waals surface area contributed by atoms with Gasteiger partial charge in [-0.25, -0.2) is 13.1 Å². The quantitative estimate of drug-likeness (QED) is 0.888. The predicted octanol–water partition coefficient (Wildman–Crippen LogP) is 3.92. The molecule has 20 heavy (non-hydrogen) atoms. The molecule has 2 atom stereocenters. The van der Waals surface area contributed by atoms with Crippen LogP contribution in [0.2, 0.25) is 0 Å². The number of halogens is 1. The molecule has 3 nitrogen and oxygen atoms in total. The largest absolute Gasteiger partial charge is 0.241 e. The summed E-state index contributed by atoms with van der Waals surface area (Å²) < 4.78 is 28.7.